The summed E-state index contributed by atoms with van der Waals surface area (Å²) in [6, 6.07) is 0. The second-order valence-electron chi connectivity index (χ2n) is 2.86. The van der Waals surface area contributed by atoms with Gasteiger partial charge in [-0.1, -0.05) is 15.9 Å². The molecule has 0 saturated carbocycles. The molecule has 0 N–H and O–H groups in total. The van der Waals surface area contributed by atoms with Crippen molar-refractivity contribution in [2.75, 3.05) is 27.5 Å². The highest BCUT2D eigenvalue weighted by Crippen LogP contribution is 2.59. The molecule has 0 aliphatic carbocycles. The third-order valence-corrected chi connectivity index (χ3v) is 5.96. The molecular formula is C7H11BrNO5P. The SMILES string of the molecule is COC(=O)C1(Br)CP(OC)(OC)=NC1=O. The molecule has 0 aromatic heterocycles. The number of hydrogen-bond donors (Lipinski definition) is 0. The minimum Gasteiger partial charge on any atom is -0.468 e. The fraction of sp³-hybridized carbons (Fsp3) is 0.714. The normalized spacial score (nSPS) is 28.7. The molecule has 0 spiro atoms. The van der Waals surface area contributed by atoms with Crippen LogP contribution in [0.25, 0.3) is 0 Å². The smallest absolute Gasteiger partial charge is 0.333 e. The van der Waals surface area contributed by atoms with Crippen LogP contribution in [0.15, 0.2) is 4.74 Å². The second kappa shape index (κ2) is 4.33. The van der Waals surface area contributed by atoms with Gasteiger partial charge in [0.1, 0.15) is 0 Å². The van der Waals surface area contributed by atoms with E-state index in [2.05, 4.69) is 25.4 Å². The van der Waals surface area contributed by atoms with Crippen LogP contribution in [-0.4, -0.2) is 43.7 Å². The Balaban J connectivity index is 3.06. The van der Waals surface area contributed by atoms with Crippen molar-refractivity contribution in [2.24, 2.45) is 4.74 Å². The van der Waals surface area contributed by atoms with Crippen LogP contribution >= 0.6 is 23.4 Å². The van der Waals surface area contributed by atoms with Gasteiger partial charge in [0.05, 0.1) is 13.3 Å². The van der Waals surface area contributed by atoms with Gasteiger partial charge in [0.25, 0.3) is 5.91 Å². The molecule has 6 nitrogen and oxygen atoms in total. The first kappa shape index (κ1) is 12.8. The lowest BCUT2D eigenvalue weighted by Gasteiger charge is -2.19. The zero-order chi connectivity index (χ0) is 11.7. The molecule has 0 bridgehead atoms. The number of carbonyl (C=O) groups excluding carboxylic acids is 2. The zero-order valence-corrected chi connectivity index (χ0v) is 11.0. The Bertz CT molecular complexity index is 349. The summed E-state index contributed by atoms with van der Waals surface area (Å²) in [5.74, 6) is -1.31. The molecule has 1 amide bonds. The van der Waals surface area contributed by atoms with Gasteiger partial charge in [-0.25, -0.2) is 4.79 Å². The van der Waals surface area contributed by atoms with Crippen molar-refractivity contribution in [3.8, 4) is 0 Å². The minimum atomic E-state index is -2.63. The molecule has 1 atom stereocenters. The van der Waals surface area contributed by atoms with E-state index >= 15 is 0 Å². The maximum atomic E-state index is 11.6. The molecule has 15 heavy (non-hydrogen) atoms. The Labute approximate surface area is 95.6 Å². The standard InChI is InChI=1S/C7H11BrNO5P/c1-12-6(11)7(8)4-15(13-2,14-3)9-5(7)10/h4H2,1-3H3. The van der Waals surface area contributed by atoms with Gasteiger partial charge in [-0.15, -0.1) is 0 Å². The molecule has 1 heterocycles. The maximum Gasteiger partial charge on any atom is 0.333 e. The van der Waals surface area contributed by atoms with Crippen LogP contribution in [0.1, 0.15) is 0 Å². The van der Waals surface area contributed by atoms with Crippen LogP contribution in [0, 0.1) is 0 Å². The van der Waals surface area contributed by atoms with Crippen LogP contribution in [0.2, 0.25) is 0 Å². The summed E-state index contributed by atoms with van der Waals surface area (Å²) in [6.45, 7) is 0. The first-order valence-electron chi connectivity index (χ1n) is 3.98. The number of methoxy groups -OCH3 is 1. The van der Waals surface area contributed by atoms with E-state index < -0.39 is 23.7 Å². The fourth-order valence-electron chi connectivity index (χ4n) is 1.19. The third-order valence-electron chi connectivity index (χ3n) is 2.08. The minimum absolute atomic E-state index is 0.0541. The second-order valence-corrected chi connectivity index (χ2v) is 6.73. The van der Waals surface area contributed by atoms with Gasteiger partial charge in [0.15, 0.2) is 0 Å². The monoisotopic (exact) mass is 299 g/mol. The number of hydrogen-bond acceptors (Lipinski definition) is 5. The third kappa shape index (κ3) is 2.01. The van der Waals surface area contributed by atoms with E-state index in [9.17, 15) is 9.59 Å². The topological polar surface area (TPSA) is 74.2 Å². The summed E-state index contributed by atoms with van der Waals surface area (Å²) in [4.78, 5) is 23.0. The number of rotatable bonds is 3. The van der Waals surface area contributed by atoms with Crippen molar-refractivity contribution in [3.05, 3.63) is 0 Å². The molecule has 0 aromatic rings. The summed E-state index contributed by atoms with van der Waals surface area (Å²) in [5.41, 5.74) is 0. The van der Waals surface area contributed by atoms with Crippen LogP contribution in [-0.2, 0) is 23.4 Å². The number of halogens is 1. The molecule has 1 aliphatic rings. The summed E-state index contributed by atoms with van der Waals surface area (Å²) in [6.07, 6.45) is 0.0541. The number of ether oxygens (including phenoxy) is 1. The summed E-state index contributed by atoms with van der Waals surface area (Å²) in [5, 5.41) is 0. The van der Waals surface area contributed by atoms with Crippen LogP contribution < -0.4 is 0 Å². The van der Waals surface area contributed by atoms with E-state index in [0.29, 0.717) is 0 Å². The van der Waals surface area contributed by atoms with Crippen molar-refractivity contribution in [3.63, 3.8) is 0 Å². The lowest BCUT2D eigenvalue weighted by molar-refractivity contribution is -0.145. The Kier molecular flexibility index (Phi) is 3.71. The number of amides is 1. The summed E-state index contributed by atoms with van der Waals surface area (Å²) in [7, 11) is 1.37. The zero-order valence-electron chi connectivity index (χ0n) is 8.52. The first-order valence-corrected chi connectivity index (χ1v) is 6.54. The van der Waals surface area contributed by atoms with E-state index in [1.54, 1.807) is 0 Å². The van der Waals surface area contributed by atoms with E-state index in [1.165, 1.54) is 21.3 Å². The molecule has 8 heteroatoms. The van der Waals surface area contributed by atoms with Crippen molar-refractivity contribution < 1.29 is 23.4 Å². The Hall–Kier alpha value is -0.230. The fourth-order valence-corrected chi connectivity index (χ4v) is 4.44. The van der Waals surface area contributed by atoms with Gasteiger partial charge in [0, 0.05) is 14.2 Å². The van der Waals surface area contributed by atoms with Crippen molar-refractivity contribution >= 4 is 35.3 Å². The van der Waals surface area contributed by atoms with Crippen LogP contribution in [0.3, 0.4) is 0 Å². The van der Waals surface area contributed by atoms with E-state index in [1.807, 2.05) is 0 Å². The number of esters is 1. The van der Waals surface area contributed by atoms with Crippen molar-refractivity contribution in [1.82, 2.24) is 0 Å². The Morgan fingerprint density at radius 2 is 2.00 bits per heavy atom. The van der Waals surface area contributed by atoms with Gasteiger partial charge in [0.2, 0.25) is 11.8 Å². The highest BCUT2D eigenvalue weighted by atomic mass is 79.9. The van der Waals surface area contributed by atoms with Gasteiger partial charge >= 0.3 is 5.97 Å². The quantitative estimate of drug-likeness (QED) is 0.338. The van der Waals surface area contributed by atoms with E-state index in [0.717, 1.165) is 0 Å². The van der Waals surface area contributed by atoms with Gasteiger partial charge in [-0.05, 0) is 0 Å². The Morgan fingerprint density at radius 1 is 1.47 bits per heavy atom. The molecule has 1 rings (SSSR count). The van der Waals surface area contributed by atoms with Crippen molar-refractivity contribution in [2.45, 2.75) is 4.32 Å². The molecule has 0 fully saturated rings. The molecule has 86 valence electrons. The molecular weight excluding hydrogens is 289 g/mol. The highest BCUT2D eigenvalue weighted by molar-refractivity contribution is 9.10. The maximum absolute atomic E-state index is 11.6. The molecule has 0 aromatic carbocycles. The summed E-state index contributed by atoms with van der Waals surface area (Å²) < 4.78 is 17.0. The lowest BCUT2D eigenvalue weighted by atomic mass is 10.2. The van der Waals surface area contributed by atoms with Crippen LogP contribution in [0.5, 0.6) is 0 Å². The van der Waals surface area contributed by atoms with Gasteiger partial charge in [-0.2, -0.15) is 4.74 Å². The van der Waals surface area contributed by atoms with Gasteiger partial charge in [-0.3, -0.25) is 4.79 Å². The largest absolute Gasteiger partial charge is 0.468 e. The Morgan fingerprint density at radius 3 is 2.33 bits per heavy atom. The van der Waals surface area contributed by atoms with Gasteiger partial charge < -0.3 is 13.8 Å². The molecule has 1 unspecified atom stereocenters. The number of alkyl halides is 1. The molecule has 0 radical (unpaired) electrons. The average Bonchev–Trinajstić information content (AvgIpc) is 2.52. The predicted octanol–water partition coefficient (Wildman–Crippen LogP) is 1.16. The van der Waals surface area contributed by atoms with Crippen LogP contribution in [0.4, 0.5) is 0 Å². The molecule has 1 aliphatic heterocycles. The number of carbonyl (C=O) groups is 2. The lowest BCUT2D eigenvalue weighted by Crippen LogP contribution is -2.40. The van der Waals surface area contributed by atoms with E-state index in [4.69, 9.17) is 9.05 Å². The first-order chi connectivity index (χ1) is 6.94. The van der Waals surface area contributed by atoms with Crippen molar-refractivity contribution in [1.29, 1.82) is 0 Å². The molecule has 0 saturated heterocycles. The predicted molar refractivity (Wildman–Crippen MR) is 56.9 cm³/mol. The van der Waals surface area contributed by atoms with E-state index in [-0.39, 0.29) is 6.16 Å². The number of nitrogens with zero attached hydrogens (tertiary/aromatic N) is 1. The summed E-state index contributed by atoms with van der Waals surface area (Å²) >= 11 is 3.04. The average molecular weight is 300 g/mol. The highest BCUT2D eigenvalue weighted by Gasteiger charge is 2.55.